The van der Waals surface area contributed by atoms with E-state index >= 15 is 0 Å². The Bertz CT molecular complexity index is 411. The van der Waals surface area contributed by atoms with E-state index in [0.717, 1.165) is 18.9 Å². The van der Waals surface area contributed by atoms with Crippen molar-refractivity contribution in [2.75, 3.05) is 12.8 Å². The summed E-state index contributed by atoms with van der Waals surface area (Å²) >= 11 is 1.77. The molecule has 0 amide bonds. The van der Waals surface area contributed by atoms with Crippen LogP contribution in [0.4, 0.5) is 13.2 Å². The van der Waals surface area contributed by atoms with Crippen LogP contribution in [-0.2, 0) is 6.54 Å². The molecular weight excluding hydrogens is 271 g/mol. The Morgan fingerprint density at radius 1 is 1.05 bits per heavy atom. The van der Waals surface area contributed by atoms with Crippen molar-refractivity contribution in [1.82, 2.24) is 5.32 Å². The molecule has 0 saturated carbocycles. The minimum atomic E-state index is -1.15. The van der Waals surface area contributed by atoms with Crippen molar-refractivity contribution in [2.45, 2.75) is 38.0 Å². The summed E-state index contributed by atoms with van der Waals surface area (Å²) in [7, 11) is 0. The van der Waals surface area contributed by atoms with Gasteiger partial charge in [-0.15, -0.1) is 0 Å². The highest BCUT2D eigenvalue weighted by Gasteiger charge is 2.24. The second-order valence-corrected chi connectivity index (χ2v) is 5.83. The molecule has 1 aromatic rings. The van der Waals surface area contributed by atoms with Crippen LogP contribution in [0.25, 0.3) is 0 Å². The van der Waals surface area contributed by atoms with Crippen LogP contribution >= 0.6 is 11.8 Å². The molecule has 108 valence electrons. The van der Waals surface area contributed by atoms with E-state index in [1.54, 1.807) is 11.8 Å². The first-order chi connectivity index (χ1) is 8.98. The van der Waals surface area contributed by atoms with Gasteiger partial charge in [0.05, 0.1) is 0 Å². The monoisotopic (exact) mass is 291 g/mol. The van der Waals surface area contributed by atoms with Gasteiger partial charge in [0.15, 0.2) is 11.6 Å². The van der Waals surface area contributed by atoms with Gasteiger partial charge in [0, 0.05) is 29.5 Å². The number of hydrogen-bond acceptors (Lipinski definition) is 2. The number of benzene rings is 1. The Hall–Kier alpha value is -0.680. The van der Waals surface area contributed by atoms with Gasteiger partial charge in [0.2, 0.25) is 0 Å². The molecule has 1 rings (SSSR count). The number of halogens is 3. The molecule has 1 aromatic carbocycles. The van der Waals surface area contributed by atoms with E-state index in [4.69, 9.17) is 0 Å². The zero-order chi connectivity index (χ0) is 14.5. The summed E-state index contributed by atoms with van der Waals surface area (Å²) in [6.45, 7) is 5.13. The predicted octanol–water partition coefficient (Wildman–Crippen LogP) is 4.12. The molecule has 5 heteroatoms. The van der Waals surface area contributed by atoms with Crippen LogP contribution in [0.15, 0.2) is 12.1 Å². The first-order valence-corrected chi connectivity index (χ1v) is 7.59. The minimum absolute atomic E-state index is 0.106. The zero-order valence-corrected chi connectivity index (χ0v) is 12.3. The quantitative estimate of drug-likeness (QED) is 0.759. The summed E-state index contributed by atoms with van der Waals surface area (Å²) < 4.78 is 39.4. The fourth-order valence-corrected chi connectivity index (χ4v) is 2.81. The van der Waals surface area contributed by atoms with Gasteiger partial charge in [0.25, 0.3) is 0 Å². The molecule has 0 unspecified atom stereocenters. The maximum atomic E-state index is 13.4. The summed E-state index contributed by atoms with van der Waals surface area (Å²) in [5.74, 6) is -2.88. The van der Waals surface area contributed by atoms with Crippen molar-refractivity contribution >= 4 is 11.8 Å². The Morgan fingerprint density at radius 3 is 2.16 bits per heavy atom. The molecule has 0 aliphatic heterocycles. The van der Waals surface area contributed by atoms with Gasteiger partial charge in [-0.2, -0.15) is 11.8 Å². The highest BCUT2D eigenvalue weighted by atomic mass is 32.2. The molecule has 0 aliphatic carbocycles. The fraction of sp³-hybridized carbons (Fsp3) is 0.571. The van der Waals surface area contributed by atoms with Crippen LogP contribution in [0.3, 0.4) is 0 Å². The second-order valence-electron chi connectivity index (χ2n) is 4.56. The first-order valence-electron chi connectivity index (χ1n) is 6.37. The van der Waals surface area contributed by atoms with E-state index in [-0.39, 0.29) is 16.9 Å². The number of hydrogen-bond donors (Lipinski definition) is 1. The molecule has 0 heterocycles. The standard InChI is InChI=1S/C14H20F3NS/c1-4-14(5-2,19-3)9-18-8-10-6-12(16)13(17)7-11(10)15/h6-7,18H,4-5,8-9H2,1-3H3. The largest absolute Gasteiger partial charge is 0.311 e. The molecule has 1 N–H and O–H groups in total. The number of rotatable bonds is 7. The van der Waals surface area contributed by atoms with Crippen LogP contribution in [0.5, 0.6) is 0 Å². The first kappa shape index (κ1) is 16.4. The molecule has 0 atom stereocenters. The molecule has 0 radical (unpaired) electrons. The predicted molar refractivity (Wildman–Crippen MR) is 74.9 cm³/mol. The molecule has 0 spiro atoms. The fourth-order valence-electron chi connectivity index (χ4n) is 1.99. The number of nitrogens with one attached hydrogen (secondary N) is 1. The normalized spacial score (nSPS) is 11.9. The number of thioether (sulfide) groups is 1. The second kappa shape index (κ2) is 7.20. The third-order valence-electron chi connectivity index (χ3n) is 3.57. The highest BCUT2D eigenvalue weighted by Crippen LogP contribution is 2.29. The zero-order valence-electron chi connectivity index (χ0n) is 11.5. The Balaban J connectivity index is 2.65. The third kappa shape index (κ3) is 4.14. The lowest BCUT2D eigenvalue weighted by atomic mass is 10.0. The summed E-state index contributed by atoms with van der Waals surface area (Å²) in [5.41, 5.74) is 0.154. The molecule has 0 aliphatic rings. The van der Waals surface area contributed by atoms with Crippen LogP contribution in [0.2, 0.25) is 0 Å². The van der Waals surface area contributed by atoms with E-state index in [1.807, 2.05) is 6.26 Å². The molecular formula is C14H20F3NS. The van der Waals surface area contributed by atoms with Crippen molar-refractivity contribution in [2.24, 2.45) is 0 Å². The summed E-state index contributed by atoms with van der Waals surface area (Å²) in [4.78, 5) is 0. The van der Waals surface area contributed by atoms with Crippen LogP contribution in [-0.4, -0.2) is 17.5 Å². The van der Waals surface area contributed by atoms with Crippen molar-refractivity contribution in [3.63, 3.8) is 0 Å². The van der Waals surface area contributed by atoms with E-state index in [2.05, 4.69) is 19.2 Å². The van der Waals surface area contributed by atoms with Gasteiger partial charge in [-0.25, -0.2) is 13.2 Å². The van der Waals surface area contributed by atoms with E-state index in [0.29, 0.717) is 12.6 Å². The maximum absolute atomic E-state index is 13.4. The molecule has 0 fully saturated rings. The van der Waals surface area contributed by atoms with Crippen LogP contribution in [0.1, 0.15) is 32.3 Å². The summed E-state index contributed by atoms with van der Waals surface area (Å²) in [6.07, 6.45) is 4.04. The average molecular weight is 291 g/mol. The van der Waals surface area contributed by atoms with Crippen molar-refractivity contribution < 1.29 is 13.2 Å². The lowest BCUT2D eigenvalue weighted by Crippen LogP contribution is -2.36. The van der Waals surface area contributed by atoms with Gasteiger partial charge >= 0.3 is 0 Å². The van der Waals surface area contributed by atoms with Gasteiger partial charge in [-0.1, -0.05) is 13.8 Å². The molecule has 0 aromatic heterocycles. The highest BCUT2D eigenvalue weighted by molar-refractivity contribution is 8.00. The van der Waals surface area contributed by atoms with E-state index < -0.39 is 17.5 Å². The molecule has 19 heavy (non-hydrogen) atoms. The van der Waals surface area contributed by atoms with Gasteiger partial charge in [-0.05, 0) is 25.2 Å². The van der Waals surface area contributed by atoms with Gasteiger partial charge in [0.1, 0.15) is 5.82 Å². The Morgan fingerprint density at radius 2 is 1.63 bits per heavy atom. The van der Waals surface area contributed by atoms with E-state index in [9.17, 15) is 13.2 Å². The van der Waals surface area contributed by atoms with Crippen molar-refractivity contribution in [1.29, 1.82) is 0 Å². The van der Waals surface area contributed by atoms with Crippen LogP contribution < -0.4 is 5.32 Å². The van der Waals surface area contributed by atoms with Crippen molar-refractivity contribution in [3.05, 3.63) is 35.1 Å². The summed E-state index contributed by atoms with van der Waals surface area (Å²) in [6, 6.07) is 1.50. The Labute approximate surface area is 117 Å². The maximum Gasteiger partial charge on any atom is 0.161 e. The topological polar surface area (TPSA) is 12.0 Å². The molecule has 0 bridgehead atoms. The minimum Gasteiger partial charge on any atom is -0.311 e. The SMILES string of the molecule is CCC(CC)(CNCc1cc(F)c(F)cc1F)SC. The van der Waals surface area contributed by atoms with Crippen molar-refractivity contribution in [3.8, 4) is 0 Å². The Kier molecular flexibility index (Phi) is 6.20. The van der Waals surface area contributed by atoms with Gasteiger partial charge in [-0.3, -0.25) is 0 Å². The molecule has 0 saturated heterocycles. The smallest absolute Gasteiger partial charge is 0.161 e. The van der Waals surface area contributed by atoms with E-state index in [1.165, 1.54) is 0 Å². The van der Waals surface area contributed by atoms with Gasteiger partial charge < -0.3 is 5.32 Å². The lowest BCUT2D eigenvalue weighted by Gasteiger charge is -2.30. The lowest BCUT2D eigenvalue weighted by molar-refractivity contribution is 0.472. The summed E-state index contributed by atoms with van der Waals surface area (Å²) in [5, 5.41) is 3.13. The third-order valence-corrected chi connectivity index (χ3v) is 5.16. The average Bonchev–Trinajstić information content (AvgIpc) is 2.41. The van der Waals surface area contributed by atoms with Crippen LogP contribution in [0, 0.1) is 17.5 Å². The molecule has 1 nitrogen and oxygen atoms in total.